The van der Waals surface area contributed by atoms with E-state index in [4.69, 9.17) is 0 Å². The largest absolute Gasteiger partial charge is 0.508 e. The monoisotopic (exact) mass is 272 g/mol. The van der Waals surface area contributed by atoms with Crippen molar-refractivity contribution in [2.24, 2.45) is 0 Å². The molecule has 2 rings (SSSR count). The van der Waals surface area contributed by atoms with Crippen molar-refractivity contribution in [1.29, 1.82) is 0 Å². The van der Waals surface area contributed by atoms with E-state index in [0.717, 1.165) is 11.3 Å². The number of aromatic hydroxyl groups is 1. The second-order valence-electron chi connectivity index (χ2n) is 4.89. The summed E-state index contributed by atoms with van der Waals surface area (Å²) in [4.78, 5) is 4.31. The normalized spacial score (nSPS) is 13.9. The molecule has 0 saturated heterocycles. The van der Waals surface area contributed by atoms with Gasteiger partial charge in [0.15, 0.2) is 0 Å². The summed E-state index contributed by atoms with van der Waals surface area (Å²) in [7, 11) is 0. The quantitative estimate of drug-likeness (QED) is 0.753. The van der Waals surface area contributed by atoms with Gasteiger partial charge in [-0.05, 0) is 43.2 Å². The van der Waals surface area contributed by atoms with Gasteiger partial charge in [0, 0.05) is 18.3 Å². The van der Waals surface area contributed by atoms with Crippen molar-refractivity contribution in [3.8, 4) is 5.75 Å². The predicted molar refractivity (Wildman–Crippen MR) is 78.5 cm³/mol. The summed E-state index contributed by atoms with van der Waals surface area (Å²) in [5.41, 5.74) is 2.03. The molecule has 0 aliphatic carbocycles. The zero-order valence-corrected chi connectivity index (χ0v) is 11.5. The van der Waals surface area contributed by atoms with Gasteiger partial charge in [-0.2, -0.15) is 0 Å². The maximum atomic E-state index is 9.51. The molecular formula is C16H20N2O2. The second kappa shape index (κ2) is 7.03. The Morgan fingerprint density at radius 3 is 2.50 bits per heavy atom. The Morgan fingerprint density at radius 2 is 1.90 bits per heavy atom. The number of nitrogens with zero attached hydrogens (tertiary/aromatic N) is 1. The molecule has 2 aromatic rings. The number of aromatic nitrogens is 1. The van der Waals surface area contributed by atoms with Crippen molar-refractivity contribution in [2.75, 3.05) is 6.61 Å². The summed E-state index contributed by atoms with van der Waals surface area (Å²) < 4.78 is 0. The molecule has 106 valence electrons. The molecule has 0 saturated carbocycles. The van der Waals surface area contributed by atoms with Gasteiger partial charge in [-0.1, -0.05) is 18.2 Å². The van der Waals surface area contributed by atoms with Crippen molar-refractivity contribution in [1.82, 2.24) is 10.3 Å². The minimum atomic E-state index is -0.0449. The van der Waals surface area contributed by atoms with Crippen LogP contribution in [0, 0.1) is 0 Å². The first-order valence-corrected chi connectivity index (χ1v) is 6.75. The van der Waals surface area contributed by atoms with Crippen molar-refractivity contribution >= 4 is 0 Å². The van der Waals surface area contributed by atoms with E-state index in [1.54, 1.807) is 18.3 Å². The third-order valence-corrected chi connectivity index (χ3v) is 3.26. The highest BCUT2D eigenvalue weighted by molar-refractivity contribution is 5.26. The Labute approximate surface area is 119 Å². The second-order valence-corrected chi connectivity index (χ2v) is 4.89. The fraction of sp³-hybridized carbons (Fsp3) is 0.312. The molecular weight excluding hydrogens is 252 g/mol. The van der Waals surface area contributed by atoms with E-state index in [2.05, 4.69) is 10.3 Å². The number of hydrogen-bond acceptors (Lipinski definition) is 4. The summed E-state index contributed by atoms with van der Waals surface area (Å²) in [5.74, 6) is 0.254. The Morgan fingerprint density at radius 1 is 1.15 bits per heavy atom. The number of aliphatic hydroxyl groups is 1. The van der Waals surface area contributed by atoms with Crippen LogP contribution in [0.1, 0.15) is 24.2 Å². The van der Waals surface area contributed by atoms with Crippen molar-refractivity contribution in [2.45, 2.75) is 25.4 Å². The van der Waals surface area contributed by atoms with E-state index in [-0.39, 0.29) is 24.4 Å². The molecule has 1 heterocycles. The minimum absolute atomic E-state index is 0.0449. The summed E-state index contributed by atoms with van der Waals surface area (Å²) >= 11 is 0. The van der Waals surface area contributed by atoms with Crippen LogP contribution in [0.4, 0.5) is 0 Å². The highest BCUT2D eigenvalue weighted by atomic mass is 16.3. The Balaban J connectivity index is 1.97. The van der Waals surface area contributed by atoms with Gasteiger partial charge in [0.25, 0.3) is 0 Å². The maximum Gasteiger partial charge on any atom is 0.115 e. The average molecular weight is 272 g/mol. The maximum absolute atomic E-state index is 9.51. The molecule has 2 atom stereocenters. The molecule has 20 heavy (non-hydrogen) atoms. The van der Waals surface area contributed by atoms with Gasteiger partial charge in [-0.3, -0.25) is 4.98 Å². The van der Waals surface area contributed by atoms with E-state index >= 15 is 0 Å². The number of pyridine rings is 1. The van der Waals surface area contributed by atoms with E-state index in [9.17, 15) is 10.2 Å². The number of rotatable bonds is 6. The molecule has 4 nitrogen and oxygen atoms in total. The van der Waals surface area contributed by atoms with E-state index in [0.29, 0.717) is 6.42 Å². The molecule has 4 heteroatoms. The average Bonchev–Trinajstić information content (AvgIpc) is 2.49. The van der Waals surface area contributed by atoms with Gasteiger partial charge in [0.05, 0.1) is 12.3 Å². The van der Waals surface area contributed by atoms with Crippen molar-refractivity contribution in [3.63, 3.8) is 0 Å². The summed E-state index contributed by atoms with van der Waals surface area (Å²) in [6.07, 6.45) is 2.47. The van der Waals surface area contributed by atoms with Gasteiger partial charge in [0.2, 0.25) is 0 Å². The van der Waals surface area contributed by atoms with Gasteiger partial charge in [-0.15, -0.1) is 0 Å². The van der Waals surface area contributed by atoms with Crippen molar-refractivity contribution in [3.05, 3.63) is 59.9 Å². The summed E-state index contributed by atoms with van der Waals surface area (Å²) in [5, 5.41) is 22.1. The van der Waals surface area contributed by atoms with E-state index in [1.165, 1.54) is 0 Å². The third kappa shape index (κ3) is 4.05. The molecule has 1 unspecified atom stereocenters. The molecule has 0 aliphatic heterocycles. The SMILES string of the molecule is CC(N[C@H](CO)Cc1ccc(O)cc1)c1ccccn1. The van der Waals surface area contributed by atoms with Crippen LogP contribution < -0.4 is 5.32 Å². The molecule has 0 bridgehead atoms. The lowest BCUT2D eigenvalue weighted by Gasteiger charge is -2.21. The topological polar surface area (TPSA) is 65.4 Å². The standard InChI is InChI=1S/C16H20N2O2/c1-12(16-4-2-3-9-17-16)18-14(11-19)10-13-5-7-15(20)8-6-13/h2-9,12,14,18-20H,10-11H2,1H3/t12?,14-/m0/s1. The van der Waals surface area contributed by atoms with Crippen LogP contribution >= 0.6 is 0 Å². The zero-order chi connectivity index (χ0) is 14.4. The van der Waals surface area contributed by atoms with Crippen LogP contribution in [0.2, 0.25) is 0 Å². The third-order valence-electron chi connectivity index (χ3n) is 3.26. The van der Waals surface area contributed by atoms with Crippen LogP contribution in [0.5, 0.6) is 5.75 Å². The van der Waals surface area contributed by atoms with Crippen LogP contribution in [-0.2, 0) is 6.42 Å². The number of benzene rings is 1. The molecule has 0 fully saturated rings. The predicted octanol–water partition coefficient (Wildman–Crippen LogP) is 2.04. The van der Waals surface area contributed by atoms with Crippen molar-refractivity contribution < 1.29 is 10.2 Å². The Bertz CT molecular complexity index is 514. The number of phenols is 1. The lowest BCUT2D eigenvalue weighted by Crippen LogP contribution is -2.36. The fourth-order valence-electron chi connectivity index (χ4n) is 2.16. The summed E-state index contributed by atoms with van der Waals surface area (Å²) in [6.45, 7) is 2.08. The van der Waals surface area contributed by atoms with Crippen LogP contribution in [0.3, 0.4) is 0 Å². The highest BCUT2D eigenvalue weighted by Crippen LogP contribution is 2.14. The van der Waals surface area contributed by atoms with Crippen LogP contribution in [0.25, 0.3) is 0 Å². The Kier molecular flexibility index (Phi) is 5.09. The van der Waals surface area contributed by atoms with Gasteiger partial charge in [-0.25, -0.2) is 0 Å². The van der Waals surface area contributed by atoms with Gasteiger partial charge in [0.1, 0.15) is 5.75 Å². The molecule has 1 aromatic carbocycles. The fourth-order valence-corrected chi connectivity index (χ4v) is 2.16. The Hall–Kier alpha value is -1.91. The van der Waals surface area contributed by atoms with Crippen LogP contribution in [0.15, 0.2) is 48.7 Å². The molecule has 0 radical (unpaired) electrons. The minimum Gasteiger partial charge on any atom is -0.508 e. The molecule has 0 amide bonds. The summed E-state index contributed by atoms with van der Waals surface area (Å²) in [6, 6.07) is 12.9. The number of nitrogens with one attached hydrogen (secondary N) is 1. The van der Waals surface area contributed by atoms with E-state index < -0.39 is 0 Å². The number of phenolic OH excluding ortho intramolecular Hbond substituents is 1. The first-order chi connectivity index (χ1) is 9.69. The lowest BCUT2D eigenvalue weighted by molar-refractivity contribution is 0.232. The first kappa shape index (κ1) is 14.5. The number of hydrogen-bond donors (Lipinski definition) is 3. The van der Waals surface area contributed by atoms with Gasteiger partial charge >= 0.3 is 0 Å². The van der Waals surface area contributed by atoms with E-state index in [1.807, 2.05) is 37.3 Å². The first-order valence-electron chi connectivity index (χ1n) is 6.75. The smallest absolute Gasteiger partial charge is 0.115 e. The molecule has 1 aromatic heterocycles. The van der Waals surface area contributed by atoms with Gasteiger partial charge < -0.3 is 15.5 Å². The highest BCUT2D eigenvalue weighted by Gasteiger charge is 2.14. The zero-order valence-electron chi connectivity index (χ0n) is 11.5. The van der Waals surface area contributed by atoms with Crippen LogP contribution in [-0.4, -0.2) is 27.8 Å². The number of aliphatic hydroxyl groups excluding tert-OH is 1. The molecule has 3 N–H and O–H groups in total. The molecule has 0 spiro atoms. The molecule has 0 aliphatic rings. The lowest BCUT2D eigenvalue weighted by atomic mass is 10.0.